The molecule has 1 aliphatic heterocycles. The van der Waals surface area contributed by atoms with Crippen LogP contribution >= 0.6 is 0 Å². The Morgan fingerprint density at radius 3 is 2.79 bits per heavy atom. The Balaban J connectivity index is 2.02. The molecule has 1 heterocycles. The summed E-state index contributed by atoms with van der Waals surface area (Å²) in [6.07, 6.45) is -0.736. The van der Waals surface area contributed by atoms with E-state index >= 15 is 0 Å². The van der Waals surface area contributed by atoms with Crippen molar-refractivity contribution in [2.45, 2.75) is 13.0 Å². The predicted molar refractivity (Wildman–Crippen MR) is 70.5 cm³/mol. The van der Waals surface area contributed by atoms with Crippen LogP contribution in [-0.2, 0) is 4.74 Å². The van der Waals surface area contributed by atoms with E-state index in [9.17, 15) is 4.79 Å². The third-order valence-corrected chi connectivity index (χ3v) is 3.17. The van der Waals surface area contributed by atoms with Crippen molar-refractivity contribution in [1.29, 1.82) is 5.26 Å². The molecule has 1 unspecified atom stereocenters. The van der Waals surface area contributed by atoms with Gasteiger partial charge in [0.2, 0.25) is 0 Å². The predicted octanol–water partition coefficient (Wildman–Crippen LogP) is 1.66. The monoisotopic (exact) mass is 259 g/mol. The maximum absolute atomic E-state index is 12.0. The highest BCUT2D eigenvalue weighted by molar-refractivity contribution is 5.68. The molecule has 1 N–H and O–H groups in total. The lowest BCUT2D eigenvalue weighted by Gasteiger charge is -2.28. The fourth-order valence-electron chi connectivity index (χ4n) is 2.09. The summed E-state index contributed by atoms with van der Waals surface area (Å²) in [4.78, 5) is 13.7. The molecule has 5 nitrogen and oxygen atoms in total. The molecule has 1 aliphatic rings. The summed E-state index contributed by atoms with van der Waals surface area (Å²) < 4.78 is 5.43. The molecule has 0 aromatic heterocycles. The van der Waals surface area contributed by atoms with Crippen LogP contribution in [0.1, 0.15) is 24.2 Å². The maximum atomic E-state index is 12.0. The zero-order valence-electron chi connectivity index (χ0n) is 10.9. The van der Waals surface area contributed by atoms with Crippen molar-refractivity contribution >= 4 is 6.09 Å². The van der Waals surface area contributed by atoms with Gasteiger partial charge in [0.15, 0.2) is 0 Å². The fourth-order valence-corrected chi connectivity index (χ4v) is 2.09. The average Bonchev–Trinajstić information content (AvgIpc) is 2.48. The van der Waals surface area contributed by atoms with Gasteiger partial charge in [0.25, 0.3) is 0 Å². The highest BCUT2D eigenvalue weighted by atomic mass is 16.6. The second-order valence-corrected chi connectivity index (χ2v) is 4.46. The minimum atomic E-state index is -0.418. The standard InChI is InChI=1S/C14H17N3O2/c1-11(13-5-3-2-4-12(13)10-15)19-14(18)17-8-6-16-7-9-17/h2-5,11,16H,6-9H2,1H3. The number of hydrogen-bond acceptors (Lipinski definition) is 4. The van der Waals surface area contributed by atoms with Gasteiger partial charge in [-0.25, -0.2) is 4.79 Å². The van der Waals surface area contributed by atoms with Gasteiger partial charge in [0, 0.05) is 31.7 Å². The third-order valence-electron chi connectivity index (χ3n) is 3.17. The van der Waals surface area contributed by atoms with Gasteiger partial charge in [-0.05, 0) is 13.0 Å². The summed E-state index contributed by atoms with van der Waals surface area (Å²) >= 11 is 0. The van der Waals surface area contributed by atoms with Crippen LogP contribution < -0.4 is 5.32 Å². The van der Waals surface area contributed by atoms with E-state index in [1.54, 1.807) is 24.0 Å². The van der Waals surface area contributed by atoms with Crippen LogP contribution in [0.5, 0.6) is 0 Å². The van der Waals surface area contributed by atoms with Crippen LogP contribution in [0.15, 0.2) is 24.3 Å². The molecule has 0 aliphatic carbocycles. The van der Waals surface area contributed by atoms with Gasteiger partial charge < -0.3 is 15.0 Å². The molecular weight excluding hydrogens is 242 g/mol. The van der Waals surface area contributed by atoms with E-state index in [1.807, 2.05) is 12.1 Å². The molecule has 1 fully saturated rings. The second-order valence-electron chi connectivity index (χ2n) is 4.46. The van der Waals surface area contributed by atoms with Crippen molar-refractivity contribution in [1.82, 2.24) is 10.2 Å². The molecule has 19 heavy (non-hydrogen) atoms. The zero-order valence-corrected chi connectivity index (χ0v) is 10.9. The van der Waals surface area contributed by atoms with E-state index < -0.39 is 6.10 Å². The SMILES string of the molecule is CC(OC(=O)N1CCNCC1)c1ccccc1C#N. The Kier molecular flexibility index (Phi) is 4.37. The van der Waals surface area contributed by atoms with E-state index in [-0.39, 0.29) is 6.09 Å². The first-order valence-electron chi connectivity index (χ1n) is 6.37. The van der Waals surface area contributed by atoms with Gasteiger partial charge in [-0.2, -0.15) is 5.26 Å². The normalized spacial score (nSPS) is 16.5. The molecule has 1 atom stereocenters. The summed E-state index contributed by atoms with van der Waals surface area (Å²) in [5.74, 6) is 0. The highest BCUT2D eigenvalue weighted by Gasteiger charge is 2.21. The molecule has 5 heteroatoms. The number of nitriles is 1. The number of carbonyl (C=O) groups is 1. The Bertz CT molecular complexity index is 490. The number of nitrogens with one attached hydrogen (secondary N) is 1. The zero-order chi connectivity index (χ0) is 13.7. The number of carbonyl (C=O) groups excluding carboxylic acids is 1. The van der Waals surface area contributed by atoms with Gasteiger partial charge in [-0.3, -0.25) is 0 Å². The van der Waals surface area contributed by atoms with Crippen molar-refractivity contribution in [2.24, 2.45) is 0 Å². The minimum Gasteiger partial charge on any atom is -0.441 e. The Morgan fingerprint density at radius 2 is 2.11 bits per heavy atom. The minimum absolute atomic E-state index is 0.318. The second kappa shape index (κ2) is 6.21. The number of piperazine rings is 1. The van der Waals surface area contributed by atoms with E-state index in [0.29, 0.717) is 18.7 Å². The summed E-state index contributed by atoms with van der Waals surface area (Å²) in [6, 6.07) is 9.29. The lowest BCUT2D eigenvalue weighted by Crippen LogP contribution is -2.46. The third kappa shape index (κ3) is 3.24. The number of ether oxygens (including phenoxy) is 1. The summed E-state index contributed by atoms with van der Waals surface area (Å²) in [5.41, 5.74) is 1.29. The molecule has 100 valence electrons. The van der Waals surface area contributed by atoms with Crippen molar-refractivity contribution in [3.05, 3.63) is 35.4 Å². The van der Waals surface area contributed by atoms with Crippen LogP contribution in [0.25, 0.3) is 0 Å². The molecule has 1 amide bonds. The molecule has 0 saturated carbocycles. The van der Waals surface area contributed by atoms with Gasteiger partial charge >= 0.3 is 6.09 Å². The van der Waals surface area contributed by atoms with Crippen LogP contribution in [-0.4, -0.2) is 37.2 Å². The molecule has 0 bridgehead atoms. The molecule has 2 rings (SSSR count). The number of hydrogen-bond donors (Lipinski definition) is 1. The molecule has 1 saturated heterocycles. The lowest BCUT2D eigenvalue weighted by molar-refractivity contribution is 0.0661. The van der Waals surface area contributed by atoms with Crippen molar-refractivity contribution in [2.75, 3.05) is 26.2 Å². The van der Waals surface area contributed by atoms with Gasteiger partial charge in [-0.1, -0.05) is 18.2 Å². The summed E-state index contributed by atoms with van der Waals surface area (Å²) in [5, 5.41) is 12.2. The Hall–Kier alpha value is -2.06. The molecule has 0 spiro atoms. The number of rotatable bonds is 2. The van der Waals surface area contributed by atoms with E-state index in [2.05, 4.69) is 11.4 Å². The highest BCUT2D eigenvalue weighted by Crippen LogP contribution is 2.21. The van der Waals surface area contributed by atoms with Crippen LogP contribution in [0.3, 0.4) is 0 Å². The first-order valence-corrected chi connectivity index (χ1v) is 6.37. The Labute approximate surface area is 112 Å². The molecule has 1 aromatic carbocycles. The number of benzene rings is 1. The van der Waals surface area contributed by atoms with Crippen LogP contribution in [0.4, 0.5) is 4.79 Å². The van der Waals surface area contributed by atoms with Crippen LogP contribution in [0.2, 0.25) is 0 Å². The first kappa shape index (κ1) is 13.4. The van der Waals surface area contributed by atoms with Crippen molar-refractivity contribution < 1.29 is 9.53 Å². The smallest absolute Gasteiger partial charge is 0.410 e. The van der Waals surface area contributed by atoms with Crippen molar-refractivity contribution in [3.63, 3.8) is 0 Å². The van der Waals surface area contributed by atoms with E-state index in [0.717, 1.165) is 18.7 Å². The van der Waals surface area contributed by atoms with Gasteiger partial charge in [0.1, 0.15) is 6.10 Å². The first-order chi connectivity index (χ1) is 9.22. The topological polar surface area (TPSA) is 65.4 Å². The molecule has 1 aromatic rings. The van der Waals surface area contributed by atoms with Gasteiger partial charge in [0.05, 0.1) is 11.6 Å². The Morgan fingerprint density at radius 1 is 1.42 bits per heavy atom. The number of amides is 1. The summed E-state index contributed by atoms with van der Waals surface area (Å²) in [6.45, 7) is 4.68. The molecule has 0 radical (unpaired) electrons. The van der Waals surface area contributed by atoms with Crippen molar-refractivity contribution in [3.8, 4) is 6.07 Å². The quantitative estimate of drug-likeness (QED) is 0.877. The van der Waals surface area contributed by atoms with E-state index in [1.165, 1.54) is 0 Å². The molecular formula is C14H17N3O2. The summed E-state index contributed by atoms with van der Waals surface area (Å²) in [7, 11) is 0. The number of nitrogens with zero attached hydrogens (tertiary/aromatic N) is 2. The van der Waals surface area contributed by atoms with E-state index in [4.69, 9.17) is 10.00 Å². The largest absolute Gasteiger partial charge is 0.441 e. The lowest BCUT2D eigenvalue weighted by atomic mass is 10.0. The fraction of sp³-hybridized carbons (Fsp3) is 0.429. The van der Waals surface area contributed by atoms with Crippen LogP contribution in [0, 0.1) is 11.3 Å². The average molecular weight is 259 g/mol. The van der Waals surface area contributed by atoms with Gasteiger partial charge in [-0.15, -0.1) is 0 Å². The maximum Gasteiger partial charge on any atom is 0.410 e.